The Morgan fingerprint density at radius 1 is 1.33 bits per heavy atom. The Kier molecular flexibility index (Phi) is 9.60. The average molecular weight is 535 g/mol. The molecule has 5 nitrogen and oxygen atoms in total. The first kappa shape index (κ1) is 23.8. The fourth-order valence-electron chi connectivity index (χ4n) is 2.11. The van der Waals surface area contributed by atoms with E-state index in [0.29, 0.717) is 41.2 Å². The summed E-state index contributed by atoms with van der Waals surface area (Å²) in [6.07, 6.45) is -4.04. The van der Waals surface area contributed by atoms with Crippen molar-refractivity contribution in [2.75, 3.05) is 20.7 Å². The van der Waals surface area contributed by atoms with Crippen LogP contribution < -0.4 is 15.4 Å². The molecule has 2 N–H and O–H groups in total. The Morgan fingerprint density at radius 2 is 2.07 bits per heavy atom. The van der Waals surface area contributed by atoms with Gasteiger partial charge in [0, 0.05) is 42.5 Å². The van der Waals surface area contributed by atoms with E-state index in [0.717, 1.165) is 22.3 Å². The van der Waals surface area contributed by atoms with E-state index in [9.17, 15) is 13.2 Å². The van der Waals surface area contributed by atoms with Crippen LogP contribution in [0.1, 0.15) is 16.3 Å². The Hall–Kier alpha value is -1.27. The number of ether oxygens (including phenoxy) is 1. The molecule has 0 aliphatic carbocycles. The van der Waals surface area contributed by atoms with Gasteiger partial charge in [-0.2, -0.15) is 13.2 Å². The number of halogens is 5. The molecule has 0 radical (unpaired) electrons. The molecule has 0 unspecified atom stereocenters. The van der Waals surface area contributed by atoms with Crippen LogP contribution in [-0.4, -0.2) is 31.6 Å². The number of benzene rings is 1. The summed E-state index contributed by atoms with van der Waals surface area (Å²) in [5, 5.41) is 8.17. The third-order valence-corrected chi connectivity index (χ3v) is 4.54. The van der Waals surface area contributed by atoms with Crippen molar-refractivity contribution in [3.8, 4) is 5.75 Å². The highest BCUT2D eigenvalue weighted by molar-refractivity contribution is 14.0. The van der Waals surface area contributed by atoms with Crippen molar-refractivity contribution < 1.29 is 17.9 Å². The zero-order valence-corrected chi connectivity index (χ0v) is 18.5. The summed E-state index contributed by atoms with van der Waals surface area (Å²) in [6.45, 7) is 0.859. The molecule has 0 fully saturated rings. The number of thiazole rings is 1. The maximum atomic E-state index is 12.5. The van der Waals surface area contributed by atoms with Crippen molar-refractivity contribution in [3.63, 3.8) is 0 Å². The molecule has 1 aromatic carbocycles. The number of hydrogen-bond donors (Lipinski definition) is 2. The van der Waals surface area contributed by atoms with Gasteiger partial charge in [-0.05, 0) is 12.1 Å². The average Bonchev–Trinajstić information content (AvgIpc) is 3.08. The maximum Gasteiger partial charge on any atom is 0.434 e. The van der Waals surface area contributed by atoms with Crippen LogP contribution in [0.5, 0.6) is 5.75 Å². The van der Waals surface area contributed by atoms with E-state index in [1.54, 1.807) is 26.3 Å². The summed E-state index contributed by atoms with van der Waals surface area (Å²) in [4.78, 5) is 7.68. The van der Waals surface area contributed by atoms with Crippen molar-refractivity contribution in [2.45, 2.75) is 19.1 Å². The Morgan fingerprint density at radius 3 is 2.67 bits per heavy atom. The fraction of sp³-hybridized carbons (Fsp3) is 0.375. The van der Waals surface area contributed by atoms with Crippen molar-refractivity contribution in [1.82, 2.24) is 15.6 Å². The second-order valence-electron chi connectivity index (χ2n) is 5.18. The first-order valence-corrected chi connectivity index (χ1v) is 8.87. The van der Waals surface area contributed by atoms with E-state index >= 15 is 0 Å². The fourth-order valence-corrected chi connectivity index (χ4v) is 3.07. The molecule has 1 heterocycles. The molecule has 0 saturated heterocycles. The number of nitrogens with zero attached hydrogens (tertiary/aromatic N) is 2. The van der Waals surface area contributed by atoms with Gasteiger partial charge in [-0.15, -0.1) is 35.3 Å². The van der Waals surface area contributed by atoms with Crippen molar-refractivity contribution in [1.29, 1.82) is 0 Å². The van der Waals surface area contributed by atoms with Gasteiger partial charge in [-0.1, -0.05) is 17.7 Å². The molecule has 11 heteroatoms. The lowest BCUT2D eigenvalue weighted by atomic mass is 10.2. The second-order valence-corrected chi connectivity index (χ2v) is 6.56. The van der Waals surface area contributed by atoms with E-state index < -0.39 is 11.9 Å². The van der Waals surface area contributed by atoms with Crippen LogP contribution >= 0.6 is 46.9 Å². The largest absolute Gasteiger partial charge is 0.496 e. The molecule has 1 aromatic heterocycles. The molecule has 0 aliphatic rings. The molecule has 0 saturated carbocycles. The summed E-state index contributed by atoms with van der Waals surface area (Å²) < 4.78 is 42.9. The number of guanidine groups is 1. The predicted octanol–water partition coefficient (Wildman–Crippen LogP) is 4.35. The van der Waals surface area contributed by atoms with Crippen LogP contribution in [0.3, 0.4) is 0 Å². The lowest BCUT2D eigenvalue weighted by Gasteiger charge is -2.13. The van der Waals surface area contributed by atoms with Gasteiger partial charge < -0.3 is 15.4 Å². The molecule has 2 rings (SSSR count). The summed E-state index contributed by atoms with van der Waals surface area (Å²) in [7, 11) is 3.17. The topological polar surface area (TPSA) is 58.5 Å². The van der Waals surface area contributed by atoms with Gasteiger partial charge in [0.1, 0.15) is 5.75 Å². The van der Waals surface area contributed by atoms with Gasteiger partial charge in [0.2, 0.25) is 0 Å². The third-order valence-electron chi connectivity index (χ3n) is 3.39. The molecular weight excluding hydrogens is 516 g/mol. The van der Waals surface area contributed by atoms with Gasteiger partial charge in [0.15, 0.2) is 11.7 Å². The van der Waals surface area contributed by atoms with Crippen molar-refractivity contribution >= 4 is 52.9 Å². The Bertz CT molecular complexity index is 770. The van der Waals surface area contributed by atoms with Gasteiger partial charge in [-0.3, -0.25) is 4.99 Å². The summed E-state index contributed by atoms with van der Waals surface area (Å²) >= 11 is 6.92. The number of nitrogens with one attached hydrogen (secondary N) is 2. The van der Waals surface area contributed by atoms with Gasteiger partial charge in [-0.25, -0.2) is 4.98 Å². The van der Waals surface area contributed by atoms with Crippen LogP contribution in [0.15, 0.2) is 28.6 Å². The Labute approximate surface area is 181 Å². The highest BCUT2D eigenvalue weighted by atomic mass is 127. The maximum absolute atomic E-state index is 12.5. The van der Waals surface area contributed by atoms with Gasteiger partial charge in [0.05, 0.1) is 12.1 Å². The quantitative estimate of drug-likeness (QED) is 0.329. The standard InChI is InChI=1S/C16H18ClF3N4OS.HI/c1-21-15(23-8-10-3-4-11(17)7-12(10)25-2)22-6-5-14-24-13(9-26-14)16(18,19)20;/h3-4,7,9H,5-6,8H2,1-2H3,(H2,21,22,23);1H. The molecule has 150 valence electrons. The smallest absolute Gasteiger partial charge is 0.434 e. The van der Waals surface area contributed by atoms with Gasteiger partial charge >= 0.3 is 6.18 Å². The summed E-state index contributed by atoms with van der Waals surface area (Å²) in [6, 6.07) is 5.32. The minimum atomic E-state index is -4.41. The Balaban J connectivity index is 0.00000364. The number of rotatable bonds is 6. The zero-order valence-electron chi connectivity index (χ0n) is 14.6. The highest BCUT2D eigenvalue weighted by Crippen LogP contribution is 2.30. The lowest BCUT2D eigenvalue weighted by Crippen LogP contribution is -2.37. The predicted molar refractivity (Wildman–Crippen MR) is 112 cm³/mol. The van der Waals surface area contributed by atoms with E-state index in [2.05, 4.69) is 20.6 Å². The molecule has 0 aliphatic heterocycles. The minimum Gasteiger partial charge on any atom is -0.496 e. The molecule has 0 atom stereocenters. The van der Waals surface area contributed by atoms with E-state index in [1.165, 1.54) is 0 Å². The molecule has 27 heavy (non-hydrogen) atoms. The van der Waals surface area contributed by atoms with Crippen LogP contribution in [0, 0.1) is 0 Å². The van der Waals surface area contributed by atoms with Crippen LogP contribution in [0.4, 0.5) is 13.2 Å². The monoisotopic (exact) mass is 534 g/mol. The highest BCUT2D eigenvalue weighted by Gasteiger charge is 2.33. The molecule has 0 bridgehead atoms. The summed E-state index contributed by atoms with van der Waals surface area (Å²) in [5.74, 6) is 1.18. The lowest BCUT2D eigenvalue weighted by molar-refractivity contribution is -0.140. The van der Waals surface area contributed by atoms with Gasteiger partial charge in [0.25, 0.3) is 0 Å². The third kappa shape index (κ3) is 7.34. The van der Waals surface area contributed by atoms with Crippen LogP contribution in [0.2, 0.25) is 5.02 Å². The van der Waals surface area contributed by atoms with Crippen LogP contribution in [-0.2, 0) is 19.1 Å². The van der Waals surface area contributed by atoms with E-state index in [4.69, 9.17) is 16.3 Å². The molecule has 2 aromatic rings. The number of hydrogen-bond acceptors (Lipinski definition) is 4. The number of aliphatic imine (C=N–C) groups is 1. The number of aromatic nitrogens is 1. The SMILES string of the molecule is CN=C(NCCc1nc(C(F)(F)F)cs1)NCc1ccc(Cl)cc1OC.I. The molecule has 0 amide bonds. The molecular formula is C16H19ClF3IN4OS. The first-order valence-electron chi connectivity index (χ1n) is 7.62. The summed E-state index contributed by atoms with van der Waals surface area (Å²) in [5.41, 5.74) is 0.0458. The number of alkyl halides is 3. The minimum absolute atomic E-state index is 0. The van der Waals surface area contributed by atoms with Crippen LogP contribution in [0.25, 0.3) is 0 Å². The van der Waals surface area contributed by atoms with Crippen molar-refractivity contribution in [2.24, 2.45) is 4.99 Å². The molecule has 0 spiro atoms. The van der Waals surface area contributed by atoms with E-state index in [1.807, 2.05) is 6.07 Å². The normalized spacial score (nSPS) is 11.7. The second kappa shape index (κ2) is 10.9. The zero-order chi connectivity index (χ0) is 19.2. The first-order chi connectivity index (χ1) is 12.3. The number of methoxy groups -OCH3 is 1. The van der Waals surface area contributed by atoms with E-state index in [-0.39, 0.29) is 24.0 Å². The van der Waals surface area contributed by atoms with Crippen molar-refractivity contribution in [3.05, 3.63) is 44.9 Å².